The summed E-state index contributed by atoms with van der Waals surface area (Å²) in [4.78, 5) is 32.4. The minimum Gasteiger partial charge on any atom is -0.494 e. The largest absolute Gasteiger partial charge is 0.494 e. The average Bonchev–Trinajstić information content (AvgIpc) is 3.09. The fourth-order valence-electron chi connectivity index (χ4n) is 3.75. The number of hydrogen-bond donors (Lipinski definition) is 0. The lowest BCUT2D eigenvalue weighted by atomic mass is 9.94. The maximum atomic E-state index is 13.2. The standard InChI is InChI=1S/C25H26N2O4S/c1-4-14-30-20-12-10-19(11-13-20)22-21(24(29)31-15-18-8-6-5-7-9-18)16(2)26-25-27(22)23(28)17(3)32-25/h5-13,17,22H,4,14-15H2,1-3H3/t17-,22+/m0/s1. The summed E-state index contributed by atoms with van der Waals surface area (Å²) in [6.45, 7) is 6.49. The molecule has 4 rings (SSSR count). The molecule has 0 aliphatic carbocycles. The molecule has 2 aromatic carbocycles. The zero-order valence-electron chi connectivity index (χ0n) is 18.4. The lowest BCUT2D eigenvalue weighted by molar-refractivity contribution is -0.141. The van der Waals surface area contributed by atoms with E-state index in [2.05, 4.69) is 11.9 Å². The first kappa shape index (κ1) is 22.1. The van der Waals surface area contributed by atoms with Crippen LogP contribution in [0.2, 0.25) is 0 Å². The van der Waals surface area contributed by atoms with E-state index in [0.717, 1.165) is 23.3 Å². The maximum Gasteiger partial charge on any atom is 0.338 e. The summed E-state index contributed by atoms with van der Waals surface area (Å²) < 4.78 is 11.3. The third-order valence-electron chi connectivity index (χ3n) is 5.36. The van der Waals surface area contributed by atoms with Gasteiger partial charge >= 0.3 is 5.97 Å². The highest BCUT2D eigenvalue weighted by Gasteiger charge is 2.46. The number of thioether (sulfide) groups is 1. The van der Waals surface area contributed by atoms with E-state index in [4.69, 9.17) is 9.47 Å². The van der Waals surface area contributed by atoms with Crippen molar-refractivity contribution in [1.29, 1.82) is 0 Å². The van der Waals surface area contributed by atoms with E-state index in [1.54, 1.807) is 11.8 Å². The Bertz CT molecular complexity index is 1060. The third kappa shape index (κ3) is 4.43. The van der Waals surface area contributed by atoms with Crippen molar-refractivity contribution in [2.24, 2.45) is 4.99 Å². The first-order chi connectivity index (χ1) is 15.5. The van der Waals surface area contributed by atoms with E-state index in [-0.39, 0.29) is 17.8 Å². The van der Waals surface area contributed by atoms with Crippen LogP contribution in [-0.2, 0) is 20.9 Å². The molecule has 2 aliphatic rings. The number of aliphatic imine (C=N–C) groups is 1. The molecule has 0 bridgehead atoms. The van der Waals surface area contributed by atoms with E-state index in [9.17, 15) is 9.59 Å². The molecule has 0 radical (unpaired) electrons. The molecule has 32 heavy (non-hydrogen) atoms. The van der Waals surface area contributed by atoms with Gasteiger partial charge in [-0.25, -0.2) is 9.79 Å². The number of carbonyl (C=O) groups is 2. The molecule has 1 amide bonds. The number of nitrogens with zero attached hydrogens (tertiary/aromatic N) is 2. The van der Waals surface area contributed by atoms with Gasteiger partial charge in [0.05, 0.1) is 29.2 Å². The molecule has 7 heteroatoms. The Morgan fingerprint density at radius 3 is 2.53 bits per heavy atom. The number of ether oxygens (including phenoxy) is 2. The van der Waals surface area contributed by atoms with Crippen molar-refractivity contribution < 1.29 is 19.1 Å². The zero-order chi connectivity index (χ0) is 22.7. The van der Waals surface area contributed by atoms with Crippen molar-refractivity contribution in [3.05, 3.63) is 77.0 Å². The normalized spacial score (nSPS) is 20.2. The van der Waals surface area contributed by atoms with Crippen LogP contribution in [0.15, 0.2) is 70.9 Å². The van der Waals surface area contributed by atoms with Gasteiger partial charge in [0.25, 0.3) is 0 Å². The Labute approximate surface area is 192 Å². The van der Waals surface area contributed by atoms with Crippen molar-refractivity contribution in [1.82, 2.24) is 4.90 Å². The van der Waals surface area contributed by atoms with Gasteiger partial charge in [0, 0.05) is 0 Å². The van der Waals surface area contributed by atoms with Crippen molar-refractivity contribution in [3.8, 4) is 5.75 Å². The first-order valence-electron chi connectivity index (χ1n) is 10.7. The topological polar surface area (TPSA) is 68.2 Å². The number of carbonyl (C=O) groups excluding carboxylic acids is 2. The van der Waals surface area contributed by atoms with Gasteiger partial charge in [-0.1, -0.05) is 61.2 Å². The Morgan fingerprint density at radius 2 is 1.84 bits per heavy atom. The second-order valence-electron chi connectivity index (χ2n) is 7.74. The summed E-state index contributed by atoms with van der Waals surface area (Å²) in [6.07, 6.45) is 0.918. The monoisotopic (exact) mass is 450 g/mol. The van der Waals surface area contributed by atoms with Crippen LogP contribution < -0.4 is 4.74 Å². The van der Waals surface area contributed by atoms with Gasteiger partial charge in [0.2, 0.25) is 5.91 Å². The predicted octanol–water partition coefficient (Wildman–Crippen LogP) is 4.87. The van der Waals surface area contributed by atoms with Crippen molar-refractivity contribution in [3.63, 3.8) is 0 Å². The molecule has 0 N–H and O–H groups in total. The molecule has 2 heterocycles. The van der Waals surface area contributed by atoms with E-state index in [1.165, 1.54) is 11.8 Å². The third-order valence-corrected chi connectivity index (χ3v) is 6.41. The summed E-state index contributed by atoms with van der Waals surface area (Å²) in [5.41, 5.74) is 2.67. The fraction of sp³-hybridized carbons (Fsp3) is 0.320. The highest BCUT2D eigenvalue weighted by molar-refractivity contribution is 8.15. The van der Waals surface area contributed by atoms with Crippen LogP contribution in [-0.4, -0.2) is 33.8 Å². The molecule has 0 aromatic heterocycles. The number of amides is 1. The van der Waals surface area contributed by atoms with Crippen LogP contribution in [0.3, 0.4) is 0 Å². The number of allylic oxidation sites excluding steroid dienone is 1. The number of rotatable bonds is 7. The van der Waals surface area contributed by atoms with Gasteiger partial charge in [0.15, 0.2) is 5.17 Å². The maximum absolute atomic E-state index is 13.2. The summed E-state index contributed by atoms with van der Waals surface area (Å²) >= 11 is 1.41. The highest BCUT2D eigenvalue weighted by atomic mass is 32.2. The summed E-state index contributed by atoms with van der Waals surface area (Å²) in [5, 5.41) is 0.367. The molecule has 2 aromatic rings. The van der Waals surface area contributed by atoms with Gasteiger partial charge in [-0.15, -0.1) is 0 Å². The van der Waals surface area contributed by atoms with Crippen LogP contribution in [0, 0.1) is 0 Å². The molecule has 2 aliphatic heterocycles. The molecule has 0 unspecified atom stereocenters. The minimum absolute atomic E-state index is 0.0640. The van der Waals surface area contributed by atoms with Crippen molar-refractivity contribution >= 4 is 28.8 Å². The number of esters is 1. The van der Waals surface area contributed by atoms with E-state index in [0.29, 0.717) is 23.0 Å². The van der Waals surface area contributed by atoms with Gasteiger partial charge in [0.1, 0.15) is 12.4 Å². The van der Waals surface area contributed by atoms with E-state index in [1.807, 2.05) is 61.5 Å². The molecular weight excluding hydrogens is 424 g/mol. The highest BCUT2D eigenvalue weighted by Crippen LogP contribution is 2.43. The number of hydrogen-bond acceptors (Lipinski definition) is 6. The molecule has 1 fully saturated rings. The molecule has 2 atom stereocenters. The molecular formula is C25H26N2O4S. The van der Waals surface area contributed by atoms with Crippen molar-refractivity contribution in [2.75, 3.05) is 6.61 Å². The van der Waals surface area contributed by atoms with Gasteiger partial charge < -0.3 is 9.47 Å². The quantitative estimate of drug-likeness (QED) is 0.563. The van der Waals surface area contributed by atoms with E-state index >= 15 is 0 Å². The predicted molar refractivity (Wildman–Crippen MR) is 125 cm³/mol. The van der Waals surface area contributed by atoms with Crippen molar-refractivity contribution in [2.45, 2.75) is 45.1 Å². The van der Waals surface area contributed by atoms with Crippen LogP contribution >= 0.6 is 11.8 Å². The summed E-state index contributed by atoms with van der Waals surface area (Å²) in [7, 11) is 0. The second-order valence-corrected chi connectivity index (χ2v) is 9.05. The molecule has 0 spiro atoms. The lowest BCUT2D eigenvalue weighted by Gasteiger charge is -2.33. The van der Waals surface area contributed by atoms with Crippen LogP contribution in [0.25, 0.3) is 0 Å². The van der Waals surface area contributed by atoms with Gasteiger partial charge in [-0.3, -0.25) is 9.69 Å². The Kier molecular flexibility index (Phi) is 6.65. The Balaban J connectivity index is 1.66. The second kappa shape index (κ2) is 9.61. The van der Waals surface area contributed by atoms with Crippen LogP contribution in [0.1, 0.15) is 44.4 Å². The van der Waals surface area contributed by atoms with Gasteiger partial charge in [-0.05, 0) is 43.5 Å². The average molecular weight is 451 g/mol. The lowest BCUT2D eigenvalue weighted by Crippen LogP contribution is -2.40. The smallest absolute Gasteiger partial charge is 0.338 e. The summed E-state index contributed by atoms with van der Waals surface area (Å²) in [5.74, 6) is 0.221. The van der Waals surface area contributed by atoms with Crippen LogP contribution in [0.4, 0.5) is 0 Å². The van der Waals surface area contributed by atoms with Gasteiger partial charge in [-0.2, -0.15) is 0 Å². The van der Waals surface area contributed by atoms with E-state index < -0.39 is 12.0 Å². The minimum atomic E-state index is -0.587. The Hall–Kier alpha value is -3.06. The number of benzene rings is 2. The molecule has 0 saturated carbocycles. The molecule has 6 nitrogen and oxygen atoms in total. The molecule has 166 valence electrons. The fourth-order valence-corrected chi connectivity index (χ4v) is 4.78. The molecule has 1 saturated heterocycles. The first-order valence-corrected chi connectivity index (χ1v) is 11.6. The SMILES string of the molecule is CCCOc1ccc([C@@H]2C(C(=O)OCc3ccccc3)=C(C)N=C3S[C@@H](C)C(=O)N32)cc1. The zero-order valence-corrected chi connectivity index (χ0v) is 19.2. The van der Waals surface area contributed by atoms with Crippen LogP contribution in [0.5, 0.6) is 5.75 Å². The number of amidine groups is 1. The summed E-state index contributed by atoms with van der Waals surface area (Å²) in [6, 6.07) is 16.5. The number of fused-ring (bicyclic) bond motifs is 1. The Morgan fingerprint density at radius 1 is 1.12 bits per heavy atom.